The molecule has 0 aromatic carbocycles. The molecule has 1 aliphatic rings. The average molecular weight is 285 g/mol. The van der Waals surface area contributed by atoms with Gasteiger partial charge in [0.1, 0.15) is 0 Å². The zero-order valence-corrected chi connectivity index (χ0v) is 12.9. The van der Waals surface area contributed by atoms with Gasteiger partial charge in [-0.3, -0.25) is 9.59 Å². The Morgan fingerprint density at radius 1 is 1.05 bits per heavy atom. The standard InChI is InChI=1S/C12H24BN3O4/c1-6-7-8-14-13-19-9(11(17)15(2)3)10(20-13)12(18)16(4)5/h9-10,14H,6-8H2,1-5H3/t9-,10-/m0/s1. The van der Waals surface area contributed by atoms with E-state index in [1.54, 1.807) is 28.2 Å². The molecule has 1 fully saturated rings. The van der Waals surface area contributed by atoms with Gasteiger partial charge in [0.05, 0.1) is 0 Å². The number of nitrogens with zero attached hydrogens (tertiary/aromatic N) is 2. The summed E-state index contributed by atoms with van der Waals surface area (Å²) >= 11 is 0. The second-order valence-electron chi connectivity index (χ2n) is 5.22. The quantitative estimate of drug-likeness (QED) is 0.517. The summed E-state index contributed by atoms with van der Waals surface area (Å²) in [6.07, 6.45) is 0.208. The summed E-state index contributed by atoms with van der Waals surface area (Å²) in [6, 6.07) is 0. The maximum absolute atomic E-state index is 12.1. The van der Waals surface area contributed by atoms with Gasteiger partial charge >= 0.3 is 7.25 Å². The van der Waals surface area contributed by atoms with Crippen molar-refractivity contribution in [1.82, 2.24) is 15.0 Å². The van der Waals surface area contributed by atoms with Crippen molar-refractivity contribution in [2.24, 2.45) is 0 Å². The van der Waals surface area contributed by atoms with Crippen LogP contribution in [0.5, 0.6) is 0 Å². The van der Waals surface area contributed by atoms with E-state index in [1.807, 2.05) is 0 Å². The Bertz CT molecular complexity index is 324. The van der Waals surface area contributed by atoms with Gasteiger partial charge in [-0.15, -0.1) is 0 Å². The molecule has 0 spiro atoms. The molecule has 1 heterocycles. The maximum atomic E-state index is 12.1. The van der Waals surface area contributed by atoms with Crippen molar-refractivity contribution in [2.45, 2.75) is 32.0 Å². The molecule has 0 aromatic heterocycles. The third kappa shape index (κ3) is 4.19. The van der Waals surface area contributed by atoms with Gasteiger partial charge in [0.25, 0.3) is 11.8 Å². The van der Waals surface area contributed by atoms with Crippen LogP contribution in [0.25, 0.3) is 0 Å². The Morgan fingerprint density at radius 3 is 1.85 bits per heavy atom. The maximum Gasteiger partial charge on any atom is 0.556 e. The van der Waals surface area contributed by atoms with Crippen molar-refractivity contribution < 1.29 is 18.9 Å². The fourth-order valence-corrected chi connectivity index (χ4v) is 1.82. The van der Waals surface area contributed by atoms with Crippen LogP contribution in [0.15, 0.2) is 0 Å². The molecule has 1 saturated heterocycles. The van der Waals surface area contributed by atoms with Crippen molar-refractivity contribution in [1.29, 1.82) is 0 Å². The van der Waals surface area contributed by atoms with E-state index in [9.17, 15) is 9.59 Å². The van der Waals surface area contributed by atoms with E-state index in [1.165, 1.54) is 9.80 Å². The molecule has 114 valence electrons. The van der Waals surface area contributed by atoms with Crippen LogP contribution in [0.3, 0.4) is 0 Å². The highest BCUT2D eigenvalue weighted by Gasteiger charge is 2.48. The minimum absolute atomic E-state index is 0.273. The van der Waals surface area contributed by atoms with Crippen molar-refractivity contribution >= 4 is 19.1 Å². The molecule has 0 saturated carbocycles. The van der Waals surface area contributed by atoms with E-state index in [-0.39, 0.29) is 11.8 Å². The van der Waals surface area contributed by atoms with Crippen LogP contribution in [0.1, 0.15) is 19.8 Å². The predicted molar refractivity (Wildman–Crippen MR) is 75.8 cm³/mol. The Balaban J connectivity index is 2.72. The van der Waals surface area contributed by atoms with Crippen LogP contribution in [0.2, 0.25) is 0 Å². The molecule has 2 amide bonds. The summed E-state index contributed by atoms with van der Waals surface area (Å²) < 4.78 is 11.1. The van der Waals surface area contributed by atoms with Gasteiger partial charge < -0.3 is 24.3 Å². The molecule has 2 atom stereocenters. The largest absolute Gasteiger partial charge is 0.556 e. The van der Waals surface area contributed by atoms with E-state index in [4.69, 9.17) is 9.31 Å². The fraction of sp³-hybridized carbons (Fsp3) is 0.833. The summed E-state index contributed by atoms with van der Waals surface area (Å²) in [6.45, 7) is 2.79. The molecule has 1 rings (SSSR count). The second-order valence-corrected chi connectivity index (χ2v) is 5.22. The molecule has 8 heteroatoms. The zero-order valence-electron chi connectivity index (χ0n) is 12.9. The first-order valence-corrected chi connectivity index (χ1v) is 6.85. The monoisotopic (exact) mass is 285 g/mol. The third-order valence-corrected chi connectivity index (χ3v) is 3.03. The number of hydrogen-bond acceptors (Lipinski definition) is 5. The molecule has 0 aromatic rings. The number of unbranched alkanes of at least 4 members (excludes halogenated alkanes) is 1. The second kappa shape index (κ2) is 7.61. The van der Waals surface area contributed by atoms with Crippen LogP contribution < -0.4 is 5.23 Å². The zero-order chi connectivity index (χ0) is 15.3. The Hall–Kier alpha value is -1.12. The minimum atomic E-state index is -0.904. The molecule has 20 heavy (non-hydrogen) atoms. The first-order valence-electron chi connectivity index (χ1n) is 6.85. The minimum Gasteiger partial charge on any atom is -0.382 e. The van der Waals surface area contributed by atoms with Gasteiger partial charge in [0, 0.05) is 28.2 Å². The van der Waals surface area contributed by atoms with Gasteiger partial charge in [0.2, 0.25) is 0 Å². The van der Waals surface area contributed by atoms with E-state index >= 15 is 0 Å². The van der Waals surface area contributed by atoms with Crippen LogP contribution in [0, 0.1) is 0 Å². The molecule has 7 nitrogen and oxygen atoms in total. The van der Waals surface area contributed by atoms with Crippen LogP contribution in [0.4, 0.5) is 0 Å². The number of likely N-dealkylation sites (N-methyl/N-ethyl adjacent to an activating group) is 2. The number of amides is 2. The van der Waals surface area contributed by atoms with Crippen molar-refractivity contribution in [3.63, 3.8) is 0 Å². The predicted octanol–water partition coefficient (Wildman–Crippen LogP) is -0.679. The first-order chi connectivity index (χ1) is 9.38. The summed E-state index contributed by atoms with van der Waals surface area (Å²) in [5, 5.41) is 3.04. The number of hydrogen-bond donors (Lipinski definition) is 1. The molecule has 0 aliphatic carbocycles. The van der Waals surface area contributed by atoms with E-state index < -0.39 is 19.5 Å². The first kappa shape index (κ1) is 16.9. The molecule has 0 bridgehead atoms. The fourth-order valence-electron chi connectivity index (χ4n) is 1.82. The molecule has 0 radical (unpaired) electrons. The Morgan fingerprint density at radius 2 is 1.50 bits per heavy atom. The van der Waals surface area contributed by atoms with Gasteiger partial charge in [0.15, 0.2) is 12.2 Å². The topological polar surface area (TPSA) is 71.1 Å². The lowest BCUT2D eigenvalue weighted by Gasteiger charge is -2.22. The highest BCUT2D eigenvalue weighted by atomic mass is 16.7. The number of carbonyl (C=O) groups excluding carboxylic acids is 2. The summed E-state index contributed by atoms with van der Waals surface area (Å²) in [4.78, 5) is 27.0. The third-order valence-electron chi connectivity index (χ3n) is 3.03. The number of carbonyl (C=O) groups is 2. The van der Waals surface area contributed by atoms with Gasteiger partial charge in [-0.2, -0.15) is 0 Å². The van der Waals surface area contributed by atoms with Gasteiger partial charge in [-0.1, -0.05) is 13.3 Å². The summed E-state index contributed by atoms with van der Waals surface area (Å²) in [5.41, 5.74) is 0. The lowest BCUT2D eigenvalue weighted by molar-refractivity contribution is -0.146. The Labute approximate surface area is 120 Å². The van der Waals surface area contributed by atoms with Crippen molar-refractivity contribution in [2.75, 3.05) is 34.7 Å². The smallest absolute Gasteiger partial charge is 0.382 e. The van der Waals surface area contributed by atoms with Gasteiger partial charge in [-0.05, 0) is 13.0 Å². The van der Waals surface area contributed by atoms with Crippen molar-refractivity contribution in [3.8, 4) is 0 Å². The average Bonchev–Trinajstić information content (AvgIpc) is 2.80. The van der Waals surface area contributed by atoms with E-state index in [2.05, 4.69) is 12.2 Å². The SMILES string of the molecule is CCCCNB1O[C@H](C(=O)N(C)C)[C@@H](C(=O)N(C)C)O1. The van der Waals surface area contributed by atoms with E-state index in [0.29, 0.717) is 6.54 Å². The normalized spacial score (nSPS) is 21.9. The molecular formula is C12H24BN3O4. The summed E-state index contributed by atoms with van der Waals surface area (Å²) in [7, 11) is 5.78. The molecule has 1 aliphatic heterocycles. The lowest BCUT2D eigenvalue weighted by atomic mass is 10.1. The lowest BCUT2D eigenvalue weighted by Crippen LogP contribution is -2.47. The van der Waals surface area contributed by atoms with Gasteiger partial charge in [-0.25, -0.2) is 0 Å². The van der Waals surface area contributed by atoms with Crippen LogP contribution >= 0.6 is 0 Å². The Kier molecular flexibility index (Phi) is 6.44. The summed E-state index contributed by atoms with van der Waals surface area (Å²) in [5.74, 6) is -0.546. The molecular weight excluding hydrogens is 261 g/mol. The van der Waals surface area contributed by atoms with Crippen LogP contribution in [-0.4, -0.2) is 75.8 Å². The number of rotatable bonds is 6. The highest BCUT2D eigenvalue weighted by Crippen LogP contribution is 2.19. The van der Waals surface area contributed by atoms with Crippen molar-refractivity contribution in [3.05, 3.63) is 0 Å². The number of nitrogens with one attached hydrogen (secondary N) is 1. The highest BCUT2D eigenvalue weighted by molar-refractivity contribution is 6.43. The van der Waals surface area contributed by atoms with E-state index in [0.717, 1.165) is 12.8 Å². The molecule has 1 N–H and O–H groups in total. The molecule has 0 unspecified atom stereocenters. The van der Waals surface area contributed by atoms with Crippen LogP contribution in [-0.2, 0) is 18.9 Å².